The first kappa shape index (κ1) is 22.4. The zero-order chi connectivity index (χ0) is 22.4. The van der Waals surface area contributed by atoms with Crippen molar-refractivity contribution in [3.63, 3.8) is 0 Å². The average molecular weight is 452 g/mol. The highest BCUT2D eigenvalue weighted by atomic mass is 35.5. The zero-order valence-corrected chi connectivity index (χ0v) is 17.5. The molecule has 1 amide bonds. The first-order valence-corrected chi connectivity index (χ1v) is 9.74. The van der Waals surface area contributed by atoms with Gasteiger partial charge in [0.05, 0.1) is 11.6 Å². The lowest BCUT2D eigenvalue weighted by molar-refractivity contribution is -0.0514. The van der Waals surface area contributed by atoms with Crippen LogP contribution < -0.4 is 19.5 Å². The Balaban J connectivity index is 1.66. The minimum atomic E-state index is -2.99. The lowest BCUT2D eigenvalue weighted by Crippen LogP contribution is -2.11. The van der Waals surface area contributed by atoms with E-state index in [1.165, 1.54) is 24.3 Å². The second-order valence-electron chi connectivity index (χ2n) is 6.37. The topological polar surface area (TPSA) is 69.9 Å². The zero-order valence-electron chi connectivity index (χ0n) is 16.8. The molecule has 6 nitrogen and oxygen atoms in total. The smallest absolute Gasteiger partial charge is 0.387 e. The number of carbonyl (C=O) groups is 1. The summed E-state index contributed by atoms with van der Waals surface area (Å²) in [6.45, 7) is 0.915. The van der Waals surface area contributed by atoms with Crippen LogP contribution >= 0.6 is 11.6 Å². The Morgan fingerprint density at radius 1 is 1.13 bits per heavy atom. The molecule has 0 fully saturated rings. The van der Waals surface area contributed by atoms with Gasteiger partial charge in [0.15, 0.2) is 17.3 Å². The Morgan fingerprint density at radius 3 is 2.65 bits per heavy atom. The van der Waals surface area contributed by atoms with Gasteiger partial charge in [-0.05, 0) is 49.7 Å². The molecule has 0 saturated carbocycles. The van der Waals surface area contributed by atoms with Crippen molar-refractivity contribution >= 4 is 23.2 Å². The van der Waals surface area contributed by atoms with E-state index >= 15 is 0 Å². The second kappa shape index (κ2) is 10.2. The number of halogens is 3. The van der Waals surface area contributed by atoms with E-state index in [0.29, 0.717) is 22.2 Å². The van der Waals surface area contributed by atoms with E-state index in [2.05, 4.69) is 10.1 Å². The number of furan rings is 1. The van der Waals surface area contributed by atoms with E-state index in [1.807, 2.05) is 19.1 Å². The van der Waals surface area contributed by atoms with E-state index in [4.69, 9.17) is 25.5 Å². The van der Waals surface area contributed by atoms with Crippen molar-refractivity contribution in [1.82, 2.24) is 0 Å². The number of ether oxygens (including phenoxy) is 3. The molecule has 3 rings (SSSR count). The van der Waals surface area contributed by atoms with E-state index in [0.717, 1.165) is 5.56 Å². The average Bonchev–Trinajstić information content (AvgIpc) is 3.19. The van der Waals surface area contributed by atoms with Crippen LogP contribution in [0.2, 0.25) is 5.02 Å². The normalized spacial score (nSPS) is 10.8. The molecule has 31 heavy (non-hydrogen) atoms. The van der Waals surface area contributed by atoms with Crippen molar-refractivity contribution in [1.29, 1.82) is 0 Å². The molecule has 0 radical (unpaired) electrons. The van der Waals surface area contributed by atoms with Gasteiger partial charge in [-0.15, -0.1) is 0 Å². The molecule has 0 bridgehead atoms. The predicted molar refractivity (Wildman–Crippen MR) is 111 cm³/mol. The highest BCUT2D eigenvalue weighted by Gasteiger charge is 2.16. The standard InChI is InChI=1S/C22H20ClF2NO5/c1-3-28-19-11-14(7-9-17(19)31-22(24)25)26-21(27)18-10-8-15(30-18)12-29-20-13(2)5-4-6-16(20)23/h4-11,22H,3,12H2,1-2H3,(H,26,27). The largest absolute Gasteiger partial charge is 0.490 e. The minimum Gasteiger partial charge on any atom is -0.490 e. The first-order valence-electron chi connectivity index (χ1n) is 9.37. The van der Waals surface area contributed by atoms with E-state index in [9.17, 15) is 13.6 Å². The third kappa shape index (κ3) is 5.88. The highest BCUT2D eigenvalue weighted by Crippen LogP contribution is 2.32. The van der Waals surface area contributed by atoms with Gasteiger partial charge in [-0.2, -0.15) is 8.78 Å². The van der Waals surface area contributed by atoms with Gasteiger partial charge in [-0.3, -0.25) is 4.79 Å². The summed E-state index contributed by atoms with van der Waals surface area (Å²) >= 11 is 6.14. The van der Waals surface area contributed by atoms with Gasteiger partial charge in [-0.1, -0.05) is 23.7 Å². The molecule has 0 unspecified atom stereocenters. The molecule has 0 aliphatic rings. The Bertz CT molecular complexity index is 1030. The Kier molecular flexibility index (Phi) is 7.36. The molecule has 0 spiro atoms. The number of alkyl halides is 2. The summed E-state index contributed by atoms with van der Waals surface area (Å²) < 4.78 is 46.0. The number of benzene rings is 2. The molecule has 0 aliphatic carbocycles. The summed E-state index contributed by atoms with van der Waals surface area (Å²) in [7, 11) is 0. The fourth-order valence-corrected chi connectivity index (χ4v) is 3.04. The van der Waals surface area contributed by atoms with Crippen molar-refractivity contribution < 1.29 is 32.2 Å². The Labute approximate surface area is 182 Å². The van der Waals surface area contributed by atoms with Crippen LogP contribution in [0.25, 0.3) is 0 Å². The lowest BCUT2D eigenvalue weighted by atomic mass is 10.2. The molecule has 3 aromatic rings. The summed E-state index contributed by atoms with van der Waals surface area (Å²) in [4.78, 5) is 12.5. The van der Waals surface area contributed by atoms with Crippen LogP contribution in [0.5, 0.6) is 17.2 Å². The van der Waals surface area contributed by atoms with Gasteiger partial charge in [0.2, 0.25) is 0 Å². The van der Waals surface area contributed by atoms with Gasteiger partial charge in [0, 0.05) is 11.8 Å². The SMILES string of the molecule is CCOc1cc(NC(=O)c2ccc(COc3c(C)cccc3Cl)o2)ccc1OC(F)F. The van der Waals surface area contributed by atoms with Crippen LogP contribution in [0, 0.1) is 6.92 Å². The van der Waals surface area contributed by atoms with E-state index in [1.54, 1.807) is 19.1 Å². The number of anilines is 1. The van der Waals surface area contributed by atoms with Gasteiger partial charge < -0.3 is 23.9 Å². The number of amides is 1. The predicted octanol–water partition coefficient (Wildman–Crippen LogP) is 6.07. The fraction of sp³-hybridized carbons (Fsp3) is 0.227. The molecule has 1 aromatic heterocycles. The van der Waals surface area contributed by atoms with Crippen molar-refractivity contribution in [2.24, 2.45) is 0 Å². The van der Waals surface area contributed by atoms with Crippen molar-refractivity contribution in [3.05, 3.63) is 70.6 Å². The van der Waals surface area contributed by atoms with Crippen LogP contribution in [0.1, 0.15) is 28.8 Å². The summed E-state index contributed by atoms with van der Waals surface area (Å²) in [5.41, 5.74) is 1.21. The number of nitrogens with one attached hydrogen (secondary N) is 1. The number of rotatable bonds is 9. The number of hydrogen-bond acceptors (Lipinski definition) is 5. The quantitative estimate of drug-likeness (QED) is 0.427. The van der Waals surface area contributed by atoms with Crippen LogP contribution in [-0.4, -0.2) is 19.1 Å². The maximum absolute atomic E-state index is 12.5. The van der Waals surface area contributed by atoms with Gasteiger partial charge in [-0.25, -0.2) is 0 Å². The maximum Gasteiger partial charge on any atom is 0.387 e. The van der Waals surface area contributed by atoms with Gasteiger partial charge in [0.25, 0.3) is 5.91 Å². The molecule has 164 valence electrons. The molecular formula is C22H20ClF2NO5. The third-order valence-electron chi connectivity index (χ3n) is 4.13. The molecule has 1 N–H and O–H groups in total. The van der Waals surface area contributed by atoms with Crippen LogP contribution in [-0.2, 0) is 6.61 Å². The summed E-state index contributed by atoms with van der Waals surface area (Å²) in [6, 6.07) is 12.6. The van der Waals surface area contributed by atoms with Crippen molar-refractivity contribution in [3.8, 4) is 17.2 Å². The summed E-state index contributed by atoms with van der Waals surface area (Å²) in [5.74, 6) is 0.471. The maximum atomic E-state index is 12.5. The number of carbonyl (C=O) groups excluding carboxylic acids is 1. The minimum absolute atomic E-state index is 0.0559. The molecule has 9 heteroatoms. The third-order valence-corrected chi connectivity index (χ3v) is 4.42. The first-order chi connectivity index (χ1) is 14.9. The fourth-order valence-electron chi connectivity index (χ4n) is 2.76. The molecule has 0 atom stereocenters. The van der Waals surface area contributed by atoms with E-state index in [-0.39, 0.29) is 30.5 Å². The number of para-hydroxylation sites is 1. The van der Waals surface area contributed by atoms with Gasteiger partial charge >= 0.3 is 6.61 Å². The Morgan fingerprint density at radius 2 is 1.94 bits per heavy atom. The molecular weight excluding hydrogens is 432 g/mol. The summed E-state index contributed by atoms with van der Waals surface area (Å²) in [6.07, 6.45) is 0. The van der Waals surface area contributed by atoms with Crippen LogP contribution in [0.4, 0.5) is 14.5 Å². The number of hydrogen-bond donors (Lipinski definition) is 1. The van der Waals surface area contributed by atoms with E-state index < -0.39 is 12.5 Å². The molecule has 0 saturated heterocycles. The molecule has 0 aliphatic heterocycles. The van der Waals surface area contributed by atoms with Crippen molar-refractivity contribution in [2.45, 2.75) is 27.1 Å². The van der Waals surface area contributed by atoms with Crippen LogP contribution in [0.3, 0.4) is 0 Å². The van der Waals surface area contributed by atoms with Crippen molar-refractivity contribution in [2.75, 3.05) is 11.9 Å². The monoisotopic (exact) mass is 451 g/mol. The highest BCUT2D eigenvalue weighted by molar-refractivity contribution is 6.32. The Hall–Kier alpha value is -3.26. The van der Waals surface area contributed by atoms with Crippen LogP contribution in [0.15, 0.2) is 52.9 Å². The second-order valence-corrected chi connectivity index (χ2v) is 6.77. The van der Waals surface area contributed by atoms with Gasteiger partial charge in [0.1, 0.15) is 18.1 Å². The molecule has 1 heterocycles. The summed E-state index contributed by atoms with van der Waals surface area (Å²) in [5, 5.41) is 3.11. The molecule has 2 aromatic carbocycles. The number of aryl methyl sites for hydroxylation is 1. The lowest BCUT2D eigenvalue weighted by Gasteiger charge is -2.13.